The molecule has 0 bridgehead atoms. The molecule has 16 heavy (non-hydrogen) atoms. The molecule has 0 aliphatic carbocycles. The van der Waals surface area contributed by atoms with Gasteiger partial charge in [-0.25, -0.2) is 0 Å². The van der Waals surface area contributed by atoms with Crippen LogP contribution in [-0.4, -0.2) is 26.8 Å². The molecular weight excluding hydrogens is 202 g/mol. The van der Waals surface area contributed by atoms with Crippen molar-refractivity contribution >= 4 is 5.95 Å². The van der Waals surface area contributed by atoms with Gasteiger partial charge in [0.05, 0.1) is 5.69 Å². The Kier molecular flexibility index (Phi) is 3.14. The molecule has 1 aromatic carbocycles. The van der Waals surface area contributed by atoms with E-state index in [0.717, 1.165) is 12.2 Å². The van der Waals surface area contributed by atoms with Crippen molar-refractivity contribution in [3.8, 4) is 5.69 Å². The van der Waals surface area contributed by atoms with Crippen molar-refractivity contribution in [1.82, 2.24) is 20.2 Å². The molecule has 0 radical (unpaired) electrons. The van der Waals surface area contributed by atoms with E-state index in [1.54, 1.807) is 4.68 Å². The highest BCUT2D eigenvalue weighted by atomic mass is 15.6. The summed E-state index contributed by atoms with van der Waals surface area (Å²) in [6.45, 7) is 5.14. The number of aromatic nitrogens is 4. The second-order valence-corrected chi connectivity index (χ2v) is 4.02. The van der Waals surface area contributed by atoms with Crippen LogP contribution in [-0.2, 0) is 0 Å². The lowest BCUT2D eigenvalue weighted by Crippen LogP contribution is -2.12. The Balaban J connectivity index is 2.19. The van der Waals surface area contributed by atoms with Crippen molar-refractivity contribution in [2.75, 3.05) is 11.9 Å². The van der Waals surface area contributed by atoms with Crippen molar-refractivity contribution in [3.05, 3.63) is 30.3 Å². The maximum Gasteiger partial charge on any atom is 0.247 e. The summed E-state index contributed by atoms with van der Waals surface area (Å²) < 4.78 is 1.70. The van der Waals surface area contributed by atoms with Crippen molar-refractivity contribution in [2.24, 2.45) is 5.92 Å². The summed E-state index contributed by atoms with van der Waals surface area (Å²) in [6.07, 6.45) is 0. The molecule has 84 valence electrons. The number of hydrogen-bond acceptors (Lipinski definition) is 4. The van der Waals surface area contributed by atoms with Gasteiger partial charge in [0.2, 0.25) is 5.95 Å². The summed E-state index contributed by atoms with van der Waals surface area (Å²) in [4.78, 5) is 0. The van der Waals surface area contributed by atoms with Gasteiger partial charge in [-0.3, -0.25) is 0 Å². The third-order valence-corrected chi connectivity index (χ3v) is 2.14. The summed E-state index contributed by atoms with van der Waals surface area (Å²) in [7, 11) is 0. The predicted octanol–water partition coefficient (Wildman–Crippen LogP) is 1.73. The quantitative estimate of drug-likeness (QED) is 0.847. The largest absolute Gasteiger partial charge is 0.353 e. The average Bonchev–Trinajstić information content (AvgIpc) is 2.75. The van der Waals surface area contributed by atoms with Crippen molar-refractivity contribution in [1.29, 1.82) is 0 Å². The number of hydrogen-bond donors (Lipinski definition) is 1. The average molecular weight is 217 g/mol. The Morgan fingerprint density at radius 3 is 2.69 bits per heavy atom. The van der Waals surface area contributed by atoms with Crippen LogP contribution in [0, 0.1) is 5.92 Å². The van der Waals surface area contributed by atoms with Crippen LogP contribution >= 0.6 is 0 Å². The van der Waals surface area contributed by atoms with E-state index >= 15 is 0 Å². The van der Waals surface area contributed by atoms with E-state index in [1.165, 1.54) is 0 Å². The lowest BCUT2D eigenvalue weighted by atomic mass is 10.2. The van der Waals surface area contributed by atoms with Gasteiger partial charge in [-0.1, -0.05) is 37.1 Å². The molecule has 1 aromatic heterocycles. The predicted molar refractivity (Wildman–Crippen MR) is 62.5 cm³/mol. The number of rotatable bonds is 4. The molecule has 1 N–H and O–H groups in total. The van der Waals surface area contributed by atoms with Crippen molar-refractivity contribution in [3.63, 3.8) is 0 Å². The minimum absolute atomic E-state index is 0.556. The van der Waals surface area contributed by atoms with Crippen LogP contribution in [0.2, 0.25) is 0 Å². The zero-order chi connectivity index (χ0) is 11.4. The van der Waals surface area contributed by atoms with Gasteiger partial charge in [-0.2, -0.15) is 4.68 Å². The van der Waals surface area contributed by atoms with Gasteiger partial charge in [0.1, 0.15) is 0 Å². The Labute approximate surface area is 94.5 Å². The van der Waals surface area contributed by atoms with Crippen molar-refractivity contribution < 1.29 is 0 Å². The van der Waals surface area contributed by atoms with E-state index in [-0.39, 0.29) is 0 Å². The summed E-state index contributed by atoms with van der Waals surface area (Å²) in [5.41, 5.74) is 0.957. The van der Waals surface area contributed by atoms with Crippen LogP contribution in [0.3, 0.4) is 0 Å². The third-order valence-electron chi connectivity index (χ3n) is 2.14. The van der Waals surface area contributed by atoms with E-state index in [0.29, 0.717) is 11.9 Å². The number of tetrazole rings is 1. The van der Waals surface area contributed by atoms with Crippen LogP contribution in [0.25, 0.3) is 5.69 Å². The molecule has 0 amide bonds. The molecule has 5 heteroatoms. The number of nitrogens with one attached hydrogen (secondary N) is 1. The first-order valence-electron chi connectivity index (χ1n) is 5.35. The highest BCUT2D eigenvalue weighted by Crippen LogP contribution is 2.10. The number of anilines is 1. The third kappa shape index (κ3) is 2.36. The smallest absolute Gasteiger partial charge is 0.247 e. The molecule has 0 fully saturated rings. The molecular formula is C11H15N5. The monoisotopic (exact) mass is 217 g/mol. The molecule has 0 aliphatic rings. The fourth-order valence-corrected chi connectivity index (χ4v) is 1.34. The zero-order valence-electron chi connectivity index (χ0n) is 9.46. The number of benzene rings is 1. The fraction of sp³-hybridized carbons (Fsp3) is 0.364. The van der Waals surface area contributed by atoms with Crippen LogP contribution in [0.4, 0.5) is 5.95 Å². The second-order valence-electron chi connectivity index (χ2n) is 4.02. The fourth-order valence-electron chi connectivity index (χ4n) is 1.34. The summed E-state index contributed by atoms with van der Waals surface area (Å²) in [6, 6.07) is 9.83. The van der Waals surface area contributed by atoms with Gasteiger partial charge >= 0.3 is 0 Å². The maximum absolute atomic E-state index is 3.96. The molecule has 2 rings (SSSR count). The van der Waals surface area contributed by atoms with Crippen molar-refractivity contribution in [2.45, 2.75) is 13.8 Å². The highest BCUT2D eigenvalue weighted by Gasteiger charge is 2.07. The van der Waals surface area contributed by atoms with Gasteiger partial charge in [0.15, 0.2) is 0 Å². The number of para-hydroxylation sites is 1. The molecule has 1 heterocycles. The normalized spacial score (nSPS) is 10.7. The molecule has 2 aromatic rings. The van der Waals surface area contributed by atoms with E-state index < -0.39 is 0 Å². The molecule has 5 nitrogen and oxygen atoms in total. The first kappa shape index (κ1) is 10.6. The van der Waals surface area contributed by atoms with Crippen LogP contribution in [0.1, 0.15) is 13.8 Å². The Morgan fingerprint density at radius 2 is 2.00 bits per heavy atom. The Morgan fingerprint density at radius 1 is 1.25 bits per heavy atom. The molecule has 0 aliphatic heterocycles. The zero-order valence-corrected chi connectivity index (χ0v) is 9.46. The standard InChI is InChI=1S/C11H15N5/c1-9(2)8-12-11-13-14-15-16(11)10-6-4-3-5-7-10/h3-7,9H,8H2,1-2H3,(H,12,13,15). The Bertz CT molecular complexity index is 435. The lowest BCUT2D eigenvalue weighted by Gasteiger charge is -2.08. The molecule has 0 unspecified atom stereocenters. The minimum atomic E-state index is 0.556. The second kappa shape index (κ2) is 4.74. The highest BCUT2D eigenvalue weighted by molar-refractivity contribution is 5.38. The van der Waals surface area contributed by atoms with E-state index in [1.807, 2.05) is 30.3 Å². The first-order valence-corrected chi connectivity index (χ1v) is 5.35. The van der Waals surface area contributed by atoms with Gasteiger partial charge in [-0.15, -0.1) is 0 Å². The van der Waals surface area contributed by atoms with Gasteiger partial charge < -0.3 is 5.32 Å². The lowest BCUT2D eigenvalue weighted by molar-refractivity contribution is 0.681. The van der Waals surface area contributed by atoms with E-state index in [9.17, 15) is 0 Å². The topological polar surface area (TPSA) is 55.6 Å². The maximum atomic E-state index is 3.96. The molecule has 0 saturated heterocycles. The van der Waals surface area contributed by atoms with Crippen LogP contribution in [0.15, 0.2) is 30.3 Å². The molecule has 0 atom stereocenters. The first-order chi connectivity index (χ1) is 7.77. The molecule has 0 spiro atoms. The summed E-state index contributed by atoms with van der Waals surface area (Å²) in [5.74, 6) is 1.24. The Hall–Kier alpha value is -1.91. The molecule has 0 saturated carbocycles. The van der Waals surface area contributed by atoms with Crippen LogP contribution < -0.4 is 5.32 Å². The number of nitrogens with zero attached hydrogens (tertiary/aromatic N) is 4. The minimum Gasteiger partial charge on any atom is -0.353 e. The van der Waals surface area contributed by atoms with Gasteiger partial charge in [0, 0.05) is 6.54 Å². The van der Waals surface area contributed by atoms with E-state index in [2.05, 4.69) is 34.7 Å². The van der Waals surface area contributed by atoms with E-state index in [4.69, 9.17) is 0 Å². The summed E-state index contributed by atoms with van der Waals surface area (Å²) in [5, 5.41) is 14.8. The SMILES string of the molecule is CC(C)CNc1nnnn1-c1ccccc1. The van der Waals surface area contributed by atoms with Crippen LogP contribution in [0.5, 0.6) is 0 Å². The van der Waals surface area contributed by atoms with Gasteiger partial charge in [-0.05, 0) is 28.5 Å². The summed E-state index contributed by atoms with van der Waals surface area (Å²) >= 11 is 0. The van der Waals surface area contributed by atoms with Gasteiger partial charge in [0.25, 0.3) is 0 Å².